The summed E-state index contributed by atoms with van der Waals surface area (Å²) >= 11 is 0. The molecule has 20 heavy (non-hydrogen) atoms. The first-order valence-electron chi connectivity index (χ1n) is 6.98. The number of rotatable bonds is 5. The van der Waals surface area contributed by atoms with E-state index in [2.05, 4.69) is 24.3 Å². The molecule has 0 spiro atoms. The van der Waals surface area contributed by atoms with Crippen molar-refractivity contribution in [1.82, 2.24) is 15.1 Å². The summed E-state index contributed by atoms with van der Waals surface area (Å²) in [5.74, 6) is -0.160. The lowest BCUT2D eigenvalue weighted by Gasteiger charge is -2.16. The molecule has 0 amide bonds. The highest BCUT2D eigenvalue weighted by molar-refractivity contribution is 5.27. The predicted molar refractivity (Wildman–Crippen MR) is 79.3 cm³/mol. The van der Waals surface area contributed by atoms with Crippen LogP contribution in [0.3, 0.4) is 0 Å². The molecule has 0 saturated heterocycles. The molecule has 1 aromatic heterocycles. The summed E-state index contributed by atoms with van der Waals surface area (Å²) in [5.41, 5.74) is 2.81. The third kappa shape index (κ3) is 3.25. The molecule has 2 rings (SSSR count). The molecule has 2 aromatic rings. The van der Waals surface area contributed by atoms with Crippen molar-refractivity contribution in [2.45, 2.75) is 39.3 Å². The molecule has 1 aromatic carbocycles. The number of aryl methyl sites for hydroxylation is 1. The van der Waals surface area contributed by atoms with E-state index in [-0.39, 0.29) is 11.9 Å². The van der Waals surface area contributed by atoms with Gasteiger partial charge < -0.3 is 5.32 Å². The Morgan fingerprint density at radius 2 is 2.05 bits per heavy atom. The van der Waals surface area contributed by atoms with Gasteiger partial charge >= 0.3 is 0 Å². The van der Waals surface area contributed by atoms with E-state index in [0.29, 0.717) is 11.6 Å². The standard InChI is InChI=1S/C16H22FN3/c1-11(2)20-8-7-14(19-20)10-16(18-4)13-5-6-15(17)12(3)9-13/h5-9,11,16,18H,10H2,1-4H3. The van der Waals surface area contributed by atoms with Gasteiger partial charge in [0.15, 0.2) is 0 Å². The molecule has 0 bridgehead atoms. The summed E-state index contributed by atoms with van der Waals surface area (Å²) in [6.07, 6.45) is 2.80. The van der Waals surface area contributed by atoms with Gasteiger partial charge in [-0.1, -0.05) is 12.1 Å². The lowest BCUT2D eigenvalue weighted by Crippen LogP contribution is -2.19. The number of halogens is 1. The Morgan fingerprint density at radius 3 is 2.60 bits per heavy atom. The molecular weight excluding hydrogens is 253 g/mol. The first-order chi connectivity index (χ1) is 9.51. The van der Waals surface area contributed by atoms with Crippen LogP contribution >= 0.6 is 0 Å². The number of nitrogens with one attached hydrogen (secondary N) is 1. The molecule has 0 radical (unpaired) electrons. The largest absolute Gasteiger partial charge is 0.313 e. The molecule has 1 N–H and O–H groups in total. The highest BCUT2D eigenvalue weighted by Crippen LogP contribution is 2.20. The van der Waals surface area contributed by atoms with Crippen molar-refractivity contribution in [1.29, 1.82) is 0 Å². The van der Waals surface area contributed by atoms with Gasteiger partial charge in [-0.05, 0) is 51.1 Å². The van der Waals surface area contributed by atoms with Crippen molar-refractivity contribution in [3.8, 4) is 0 Å². The van der Waals surface area contributed by atoms with E-state index in [9.17, 15) is 4.39 Å². The van der Waals surface area contributed by atoms with Crippen molar-refractivity contribution in [3.05, 3.63) is 53.1 Å². The summed E-state index contributed by atoms with van der Waals surface area (Å²) in [6, 6.07) is 7.82. The van der Waals surface area contributed by atoms with Crippen LogP contribution in [0.2, 0.25) is 0 Å². The van der Waals surface area contributed by atoms with Gasteiger partial charge in [-0.3, -0.25) is 4.68 Å². The molecule has 4 heteroatoms. The van der Waals surface area contributed by atoms with Gasteiger partial charge in [-0.15, -0.1) is 0 Å². The van der Waals surface area contributed by atoms with Crippen LogP contribution in [0.4, 0.5) is 4.39 Å². The maximum atomic E-state index is 13.3. The SMILES string of the molecule is CNC(Cc1ccn(C(C)C)n1)c1ccc(F)c(C)c1. The van der Waals surface area contributed by atoms with Gasteiger partial charge in [0.25, 0.3) is 0 Å². The summed E-state index contributed by atoms with van der Waals surface area (Å²) in [4.78, 5) is 0. The topological polar surface area (TPSA) is 29.9 Å². The fourth-order valence-corrected chi connectivity index (χ4v) is 2.25. The van der Waals surface area contributed by atoms with Crippen LogP contribution in [-0.2, 0) is 6.42 Å². The third-order valence-electron chi connectivity index (χ3n) is 3.54. The van der Waals surface area contributed by atoms with Gasteiger partial charge in [0, 0.05) is 24.7 Å². The third-order valence-corrected chi connectivity index (χ3v) is 3.54. The summed E-state index contributed by atoms with van der Waals surface area (Å²) in [5, 5.41) is 7.85. The number of hydrogen-bond acceptors (Lipinski definition) is 2. The molecule has 1 unspecified atom stereocenters. The van der Waals surface area contributed by atoms with E-state index < -0.39 is 0 Å². The fraction of sp³-hybridized carbons (Fsp3) is 0.438. The lowest BCUT2D eigenvalue weighted by atomic mass is 10.0. The van der Waals surface area contributed by atoms with Gasteiger partial charge in [-0.2, -0.15) is 5.10 Å². The second-order valence-corrected chi connectivity index (χ2v) is 5.43. The zero-order valence-electron chi connectivity index (χ0n) is 12.5. The minimum absolute atomic E-state index is 0.143. The van der Waals surface area contributed by atoms with E-state index in [4.69, 9.17) is 0 Å². The van der Waals surface area contributed by atoms with E-state index >= 15 is 0 Å². The second-order valence-electron chi connectivity index (χ2n) is 5.43. The molecule has 3 nitrogen and oxygen atoms in total. The molecule has 0 fully saturated rings. The highest BCUT2D eigenvalue weighted by Gasteiger charge is 2.13. The van der Waals surface area contributed by atoms with E-state index in [1.807, 2.05) is 36.1 Å². The lowest BCUT2D eigenvalue weighted by molar-refractivity contribution is 0.514. The van der Waals surface area contributed by atoms with E-state index in [0.717, 1.165) is 17.7 Å². The van der Waals surface area contributed by atoms with Crippen molar-refractivity contribution in [3.63, 3.8) is 0 Å². The van der Waals surface area contributed by atoms with Crippen LogP contribution in [0.5, 0.6) is 0 Å². The van der Waals surface area contributed by atoms with Crippen LogP contribution in [0.1, 0.15) is 42.8 Å². The van der Waals surface area contributed by atoms with Crippen LogP contribution in [0, 0.1) is 12.7 Å². The molecule has 1 atom stereocenters. The maximum absolute atomic E-state index is 13.3. The fourth-order valence-electron chi connectivity index (χ4n) is 2.25. The maximum Gasteiger partial charge on any atom is 0.126 e. The van der Waals surface area contributed by atoms with Gasteiger partial charge in [0.1, 0.15) is 5.82 Å². The number of hydrogen-bond donors (Lipinski definition) is 1. The Balaban J connectivity index is 2.17. The molecule has 0 aliphatic rings. The average Bonchev–Trinajstić information content (AvgIpc) is 2.88. The summed E-state index contributed by atoms with van der Waals surface area (Å²) < 4.78 is 15.3. The summed E-state index contributed by atoms with van der Waals surface area (Å²) in [7, 11) is 1.92. The molecule has 1 heterocycles. The number of benzene rings is 1. The van der Waals surface area contributed by atoms with E-state index in [1.165, 1.54) is 6.07 Å². The first-order valence-corrected chi connectivity index (χ1v) is 6.98. The number of aromatic nitrogens is 2. The monoisotopic (exact) mass is 275 g/mol. The van der Waals surface area contributed by atoms with E-state index in [1.54, 1.807) is 6.92 Å². The quantitative estimate of drug-likeness (QED) is 0.906. The smallest absolute Gasteiger partial charge is 0.126 e. The normalized spacial score (nSPS) is 12.9. The minimum atomic E-state index is -0.160. The highest BCUT2D eigenvalue weighted by atomic mass is 19.1. The summed E-state index contributed by atoms with van der Waals surface area (Å²) in [6.45, 7) is 6.00. The molecule has 0 aliphatic heterocycles. The van der Waals surface area contributed by atoms with Crippen LogP contribution in [0.15, 0.2) is 30.5 Å². The predicted octanol–water partition coefficient (Wildman–Crippen LogP) is 3.41. The van der Waals surface area contributed by atoms with Gasteiger partial charge in [-0.25, -0.2) is 4.39 Å². The van der Waals surface area contributed by atoms with Crippen molar-refractivity contribution in [2.75, 3.05) is 7.05 Å². The Labute approximate surface area is 119 Å². The van der Waals surface area contributed by atoms with Crippen molar-refractivity contribution in [2.24, 2.45) is 0 Å². The van der Waals surface area contributed by atoms with Crippen LogP contribution in [-0.4, -0.2) is 16.8 Å². The molecule has 108 valence electrons. The van der Waals surface area contributed by atoms with Gasteiger partial charge in [0.2, 0.25) is 0 Å². The van der Waals surface area contributed by atoms with Crippen molar-refractivity contribution >= 4 is 0 Å². The van der Waals surface area contributed by atoms with Crippen LogP contribution < -0.4 is 5.32 Å². The Morgan fingerprint density at radius 1 is 1.30 bits per heavy atom. The second kappa shape index (κ2) is 6.18. The molecule has 0 saturated carbocycles. The first kappa shape index (κ1) is 14.7. The number of nitrogens with zero attached hydrogens (tertiary/aromatic N) is 2. The Hall–Kier alpha value is -1.68. The van der Waals surface area contributed by atoms with Gasteiger partial charge in [0.05, 0.1) is 5.69 Å². The van der Waals surface area contributed by atoms with Crippen molar-refractivity contribution < 1.29 is 4.39 Å². The molecular formula is C16H22FN3. The zero-order chi connectivity index (χ0) is 14.7. The minimum Gasteiger partial charge on any atom is -0.313 e. The molecule has 0 aliphatic carbocycles. The van der Waals surface area contributed by atoms with Crippen LogP contribution in [0.25, 0.3) is 0 Å². The average molecular weight is 275 g/mol. The zero-order valence-corrected chi connectivity index (χ0v) is 12.5. The number of likely N-dealkylation sites (N-methyl/N-ethyl adjacent to an activating group) is 1. The Kier molecular flexibility index (Phi) is 4.55. The Bertz CT molecular complexity index is 575.